The van der Waals surface area contributed by atoms with Gasteiger partial charge in [-0.05, 0) is 12.1 Å². The summed E-state index contributed by atoms with van der Waals surface area (Å²) in [6.45, 7) is 0.538. The van der Waals surface area contributed by atoms with Crippen molar-refractivity contribution in [2.75, 3.05) is 7.11 Å². The van der Waals surface area contributed by atoms with E-state index < -0.39 is 30.3 Å². The van der Waals surface area contributed by atoms with Crippen LogP contribution in [0.1, 0.15) is 28.4 Å². The number of ether oxygens (including phenoxy) is 2. The van der Waals surface area contributed by atoms with Crippen LogP contribution in [0.2, 0.25) is 0 Å². The highest BCUT2D eigenvalue weighted by Crippen LogP contribution is 2.36. The normalized spacial score (nSPS) is 11.1. The third kappa shape index (κ3) is 3.96. The van der Waals surface area contributed by atoms with Crippen molar-refractivity contribution >= 4 is 27.9 Å². The first-order chi connectivity index (χ1) is 9.16. The second kappa shape index (κ2) is 6.25. The summed E-state index contributed by atoms with van der Waals surface area (Å²) in [5.74, 6) is -1.60. The van der Waals surface area contributed by atoms with Crippen molar-refractivity contribution in [3.8, 4) is 0 Å². The van der Waals surface area contributed by atoms with E-state index in [4.69, 9.17) is 0 Å². The van der Waals surface area contributed by atoms with E-state index in [1.165, 1.54) is 6.07 Å². The Kier molecular flexibility index (Phi) is 5.15. The van der Waals surface area contributed by atoms with Crippen LogP contribution in [-0.4, -0.2) is 19.0 Å². The fourth-order valence-corrected chi connectivity index (χ4v) is 2.02. The molecule has 1 rings (SSSR count). The van der Waals surface area contributed by atoms with Crippen LogP contribution in [0.5, 0.6) is 0 Å². The van der Waals surface area contributed by atoms with E-state index in [1.807, 2.05) is 0 Å². The van der Waals surface area contributed by atoms with Crippen molar-refractivity contribution in [3.63, 3.8) is 0 Å². The Morgan fingerprint density at radius 2 is 1.90 bits per heavy atom. The van der Waals surface area contributed by atoms with Gasteiger partial charge in [-0.15, -0.1) is 0 Å². The lowest BCUT2D eigenvalue weighted by Gasteiger charge is -2.16. The molecule has 4 nitrogen and oxygen atoms in total. The van der Waals surface area contributed by atoms with Crippen LogP contribution in [0.15, 0.2) is 16.6 Å². The highest BCUT2D eigenvalue weighted by Gasteiger charge is 2.35. The number of benzene rings is 1. The number of alkyl halides is 3. The highest BCUT2D eigenvalue weighted by molar-refractivity contribution is 9.10. The van der Waals surface area contributed by atoms with Crippen LogP contribution in [0.25, 0.3) is 0 Å². The van der Waals surface area contributed by atoms with Gasteiger partial charge in [0.05, 0.1) is 18.2 Å². The second-order valence-electron chi connectivity index (χ2n) is 3.75. The molecule has 0 saturated carbocycles. The Morgan fingerprint density at radius 3 is 2.35 bits per heavy atom. The monoisotopic (exact) mass is 354 g/mol. The zero-order chi connectivity index (χ0) is 15.5. The lowest BCUT2D eigenvalue weighted by molar-refractivity contribution is -0.145. The Bertz CT molecular complexity index is 540. The van der Waals surface area contributed by atoms with Crippen molar-refractivity contribution < 1.29 is 32.2 Å². The maximum absolute atomic E-state index is 13.0. The van der Waals surface area contributed by atoms with Gasteiger partial charge in [-0.3, -0.25) is 4.79 Å². The van der Waals surface area contributed by atoms with E-state index in [-0.39, 0.29) is 15.6 Å². The van der Waals surface area contributed by atoms with E-state index >= 15 is 0 Å². The van der Waals surface area contributed by atoms with E-state index in [1.54, 1.807) is 0 Å². The minimum Gasteiger partial charge on any atom is -0.465 e. The van der Waals surface area contributed by atoms with Crippen LogP contribution in [0.4, 0.5) is 13.2 Å². The largest absolute Gasteiger partial charge is 0.465 e. The predicted molar refractivity (Wildman–Crippen MR) is 66.0 cm³/mol. The number of methoxy groups -OCH3 is 1. The Hall–Kier alpha value is -1.57. The number of carbonyl (C=O) groups excluding carboxylic acids is 2. The molecule has 1 aromatic rings. The van der Waals surface area contributed by atoms with Crippen LogP contribution >= 0.6 is 15.9 Å². The summed E-state index contributed by atoms with van der Waals surface area (Å²) < 4.78 is 47.9. The van der Waals surface area contributed by atoms with Crippen LogP contribution in [0.3, 0.4) is 0 Å². The molecule has 0 radical (unpaired) electrons. The first-order valence-electron chi connectivity index (χ1n) is 5.28. The fourth-order valence-electron chi connectivity index (χ4n) is 1.45. The van der Waals surface area contributed by atoms with Crippen molar-refractivity contribution in [1.29, 1.82) is 0 Å². The molecule has 0 aliphatic carbocycles. The average Bonchev–Trinajstić information content (AvgIpc) is 2.34. The van der Waals surface area contributed by atoms with Gasteiger partial charge in [0, 0.05) is 17.0 Å². The maximum atomic E-state index is 13.0. The topological polar surface area (TPSA) is 52.6 Å². The third-order valence-electron chi connectivity index (χ3n) is 2.34. The van der Waals surface area contributed by atoms with Gasteiger partial charge in [-0.2, -0.15) is 13.2 Å². The summed E-state index contributed by atoms with van der Waals surface area (Å²) in [6.07, 6.45) is -4.69. The van der Waals surface area contributed by atoms with E-state index in [0.717, 1.165) is 14.0 Å². The summed E-state index contributed by atoms with van der Waals surface area (Å²) >= 11 is 2.94. The second-order valence-corrected chi connectivity index (χ2v) is 4.61. The molecule has 0 aromatic heterocycles. The molecule has 0 saturated heterocycles. The van der Waals surface area contributed by atoms with Gasteiger partial charge >= 0.3 is 18.1 Å². The van der Waals surface area contributed by atoms with Gasteiger partial charge in [-0.25, -0.2) is 4.79 Å². The SMILES string of the molecule is COC(=O)c1cc(Br)c(COC(C)=O)c(C(F)(F)F)c1. The van der Waals surface area contributed by atoms with Crippen molar-refractivity contribution in [2.45, 2.75) is 19.7 Å². The molecule has 20 heavy (non-hydrogen) atoms. The lowest BCUT2D eigenvalue weighted by Crippen LogP contribution is -2.14. The number of carbonyl (C=O) groups is 2. The van der Waals surface area contributed by atoms with E-state index in [2.05, 4.69) is 25.4 Å². The highest BCUT2D eigenvalue weighted by atomic mass is 79.9. The molecule has 0 fully saturated rings. The van der Waals surface area contributed by atoms with Crippen LogP contribution in [-0.2, 0) is 27.1 Å². The molecule has 0 unspecified atom stereocenters. The molecule has 1 aromatic carbocycles. The van der Waals surface area contributed by atoms with Crippen molar-refractivity contribution in [1.82, 2.24) is 0 Å². The molecule has 110 valence electrons. The Labute approximate surface area is 121 Å². The zero-order valence-electron chi connectivity index (χ0n) is 10.5. The van der Waals surface area contributed by atoms with Gasteiger partial charge in [0.15, 0.2) is 0 Å². The molecule has 8 heteroatoms. The maximum Gasteiger partial charge on any atom is 0.416 e. The van der Waals surface area contributed by atoms with Gasteiger partial charge in [0.25, 0.3) is 0 Å². The van der Waals surface area contributed by atoms with E-state index in [9.17, 15) is 22.8 Å². The number of esters is 2. The first-order valence-corrected chi connectivity index (χ1v) is 6.07. The molecule has 0 amide bonds. The smallest absolute Gasteiger partial charge is 0.416 e. The zero-order valence-corrected chi connectivity index (χ0v) is 12.1. The minimum atomic E-state index is -4.69. The first kappa shape index (κ1) is 16.5. The molecule has 0 aliphatic heterocycles. The van der Waals surface area contributed by atoms with Gasteiger partial charge in [0.1, 0.15) is 6.61 Å². The molecular weight excluding hydrogens is 345 g/mol. The molecule has 0 spiro atoms. The summed E-state index contributed by atoms with van der Waals surface area (Å²) in [5.41, 5.74) is -1.58. The molecule has 0 heterocycles. The average molecular weight is 355 g/mol. The molecular formula is C12H10BrF3O4. The lowest BCUT2D eigenvalue weighted by atomic mass is 10.0. The molecule has 0 aliphatic rings. The minimum absolute atomic E-state index is 0.00831. The molecule has 0 atom stereocenters. The molecule has 0 bridgehead atoms. The van der Waals surface area contributed by atoms with Crippen molar-refractivity contribution in [2.24, 2.45) is 0 Å². The standard InChI is InChI=1S/C12H10BrF3O4/c1-6(17)20-5-8-9(12(14,15)16)3-7(4-10(8)13)11(18)19-2/h3-4H,5H2,1-2H3. The third-order valence-corrected chi connectivity index (χ3v) is 3.05. The van der Waals surface area contributed by atoms with Crippen molar-refractivity contribution in [3.05, 3.63) is 33.3 Å². The Balaban J connectivity index is 3.35. The van der Waals surface area contributed by atoms with Crippen LogP contribution < -0.4 is 0 Å². The summed E-state index contributed by atoms with van der Waals surface area (Å²) in [6, 6.07) is 1.84. The number of hydrogen-bond donors (Lipinski definition) is 0. The summed E-state index contributed by atoms with van der Waals surface area (Å²) in [7, 11) is 1.07. The van der Waals surface area contributed by atoms with Gasteiger partial charge in [0.2, 0.25) is 0 Å². The predicted octanol–water partition coefficient (Wildman–Crippen LogP) is 3.32. The summed E-state index contributed by atoms with van der Waals surface area (Å²) in [4.78, 5) is 22.0. The molecule has 0 N–H and O–H groups in total. The van der Waals surface area contributed by atoms with Crippen LogP contribution in [0, 0.1) is 0 Å². The van der Waals surface area contributed by atoms with E-state index in [0.29, 0.717) is 6.07 Å². The Morgan fingerprint density at radius 1 is 1.30 bits per heavy atom. The van der Waals surface area contributed by atoms with Gasteiger partial charge in [-0.1, -0.05) is 15.9 Å². The number of hydrogen-bond acceptors (Lipinski definition) is 4. The fraction of sp³-hybridized carbons (Fsp3) is 0.333. The van der Waals surface area contributed by atoms with Gasteiger partial charge < -0.3 is 9.47 Å². The number of halogens is 4. The number of rotatable bonds is 3. The summed E-state index contributed by atoms with van der Waals surface area (Å²) in [5, 5.41) is 0. The quantitative estimate of drug-likeness (QED) is 0.781.